The second kappa shape index (κ2) is 7.07. The lowest BCUT2D eigenvalue weighted by Gasteiger charge is -2.32. The summed E-state index contributed by atoms with van der Waals surface area (Å²) < 4.78 is 12.2. The Labute approximate surface area is 146 Å². The van der Waals surface area contributed by atoms with Crippen molar-refractivity contribution in [2.75, 3.05) is 45.9 Å². The molecule has 0 N–H and O–H groups in total. The van der Waals surface area contributed by atoms with Gasteiger partial charge in [0.2, 0.25) is 0 Å². The highest BCUT2D eigenvalue weighted by Crippen LogP contribution is 2.34. The van der Waals surface area contributed by atoms with Crippen LogP contribution in [-0.4, -0.2) is 78.3 Å². The highest BCUT2D eigenvalue weighted by Gasteiger charge is 2.44. The predicted molar refractivity (Wildman–Crippen MR) is 91.3 cm³/mol. The van der Waals surface area contributed by atoms with E-state index in [4.69, 9.17) is 9.47 Å². The number of carbonyl (C=O) groups is 1. The number of nitrogens with zero attached hydrogens (tertiary/aromatic N) is 3. The van der Waals surface area contributed by atoms with Gasteiger partial charge in [-0.15, -0.1) is 11.3 Å². The highest BCUT2D eigenvalue weighted by molar-refractivity contribution is 7.07. The van der Waals surface area contributed by atoms with Gasteiger partial charge in [-0.25, -0.2) is 4.98 Å². The average molecular weight is 351 g/mol. The zero-order valence-electron chi connectivity index (χ0n) is 14.0. The molecule has 1 amide bonds. The van der Waals surface area contributed by atoms with Crippen molar-refractivity contribution in [3.8, 4) is 0 Å². The van der Waals surface area contributed by atoms with Crippen molar-refractivity contribution in [2.45, 2.75) is 37.4 Å². The standard InChI is InChI=1S/C17H25N3O3S/c21-16(15-10-24-13-18-15)20-7-8-22-12-17(11-20)4-3-14(23-17)9-19-5-1-2-6-19/h10,13-14H,1-9,11-12H2. The van der Waals surface area contributed by atoms with Gasteiger partial charge in [-0.3, -0.25) is 4.79 Å². The molecule has 1 aromatic heterocycles. The summed E-state index contributed by atoms with van der Waals surface area (Å²) in [5.74, 6) is -0.00674. The Morgan fingerprint density at radius 2 is 2.25 bits per heavy atom. The summed E-state index contributed by atoms with van der Waals surface area (Å²) in [4.78, 5) is 21.2. The molecule has 3 aliphatic heterocycles. The Bertz CT molecular complexity index is 561. The van der Waals surface area contributed by atoms with Gasteiger partial charge in [0.05, 0.1) is 31.4 Å². The maximum absolute atomic E-state index is 12.7. The molecule has 1 spiro atoms. The van der Waals surface area contributed by atoms with Crippen LogP contribution >= 0.6 is 11.3 Å². The molecule has 3 saturated heterocycles. The summed E-state index contributed by atoms with van der Waals surface area (Å²) in [6.45, 7) is 5.78. The summed E-state index contributed by atoms with van der Waals surface area (Å²) in [5.41, 5.74) is 1.89. The minimum atomic E-state index is -0.341. The van der Waals surface area contributed by atoms with E-state index in [2.05, 4.69) is 9.88 Å². The molecule has 2 atom stereocenters. The Balaban J connectivity index is 1.41. The molecule has 1 aromatic rings. The van der Waals surface area contributed by atoms with E-state index in [-0.39, 0.29) is 17.6 Å². The first-order chi connectivity index (χ1) is 11.7. The minimum absolute atomic E-state index is 0.00674. The summed E-state index contributed by atoms with van der Waals surface area (Å²) >= 11 is 1.45. The Morgan fingerprint density at radius 3 is 3.04 bits per heavy atom. The number of amides is 1. The first kappa shape index (κ1) is 16.4. The second-order valence-corrected chi connectivity index (χ2v) is 7.84. The smallest absolute Gasteiger partial charge is 0.273 e. The van der Waals surface area contributed by atoms with Gasteiger partial charge in [0.15, 0.2) is 0 Å². The molecular formula is C17H25N3O3S. The third-order valence-electron chi connectivity index (χ3n) is 5.29. The van der Waals surface area contributed by atoms with Crippen molar-refractivity contribution in [3.63, 3.8) is 0 Å². The lowest BCUT2D eigenvalue weighted by molar-refractivity contribution is -0.0890. The molecule has 2 unspecified atom stereocenters. The molecule has 0 bridgehead atoms. The minimum Gasteiger partial charge on any atom is -0.377 e. The molecule has 3 fully saturated rings. The van der Waals surface area contributed by atoms with Crippen LogP contribution < -0.4 is 0 Å². The van der Waals surface area contributed by atoms with E-state index >= 15 is 0 Å². The molecule has 4 rings (SSSR count). The van der Waals surface area contributed by atoms with Crippen molar-refractivity contribution in [1.82, 2.24) is 14.8 Å². The molecule has 4 heterocycles. The van der Waals surface area contributed by atoms with Gasteiger partial charge in [0, 0.05) is 18.5 Å². The van der Waals surface area contributed by atoms with Crippen LogP contribution in [0.5, 0.6) is 0 Å². The predicted octanol–water partition coefficient (Wildman–Crippen LogP) is 1.63. The number of thiazole rings is 1. The fourth-order valence-corrected chi connectivity index (χ4v) is 4.58. The van der Waals surface area contributed by atoms with Crippen LogP contribution in [-0.2, 0) is 9.47 Å². The SMILES string of the molecule is O=C(c1cscn1)N1CCOCC2(CCC(CN3CCCC3)O2)C1. The fourth-order valence-electron chi connectivity index (χ4n) is 4.06. The van der Waals surface area contributed by atoms with Gasteiger partial charge in [0.1, 0.15) is 11.3 Å². The molecular weight excluding hydrogens is 326 g/mol. The number of rotatable bonds is 3. The number of hydrogen-bond acceptors (Lipinski definition) is 6. The Morgan fingerprint density at radius 1 is 1.38 bits per heavy atom. The quantitative estimate of drug-likeness (QED) is 0.828. The van der Waals surface area contributed by atoms with Crippen LogP contribution in [0.4, 0.5) is 0 Å². The monoisotopic (exact) mass is 351 g/mol. The summed E-state index contributed by atoms with van der Waals surface area (Å²) in [5, 5.41) is 1.81. The number of ether oxygens (including phenoxy) is 2. The van der Waals surface area contributed by atoms with Gasteiger partial charge in [-0.2, -0.15) is 0 Å². The van der Waals surface area contributed by atoms with Crippen LogP contribution in [0.15, 0.2) is 10.9 Å². The van der Waals surface area contributed by atoms with Crippen LogP contribution in [0.1, 0.15) is 36.2 Å². The van der Waals surface area contributed by atoms with Crippen molar-refractivity contribution >= 4 is 17.2 Å². The normalized spacial score (nSPS) is 31.7. The summed E-state index contributed by atoms with van der Waals surface area (Å²) in [7, 11) is 0. The molecule has 0 aromatic carbocycles. The molecule has 6 nitrogen and oxygen atoms in total. The molecule has 0 aliphatic carbocycles. The van der Waals surface area contributed by atoms with E-state index in [0.717, 1.165) is 19.4 Å². The lowest BCUT2D eigenvalue weighted by Crippen LogP contribution is -2.47. The number of carbonyl (C=O) groups excluding carboxylic acids is 1. The third kappa shape index (κ3) is 3.49. The van der Waals surface area contributed by atoms with Crippen molar-refractivity contribution < 1.29 is 14.3 Å². The van der Waals surface area contributed by atoms with Gasteiger partial charge in [0.25, 0.3) is 5.91 Å². The lowest BCUT2D eigenvalue weighted by atomic mass is 10.00. The van der Waals surface area contributed by atoms with E-state index in [9.17, 15) is 4.79 Å². The van der Waals surface area contributed by atoms with E-state index in [1.807, 2.05) is 10.3 Å². The Hall–Kier alpha value is -1.02. The van der Waals surface area contributed by atoms with E-state index < -0.39 is 0 Å². The molecule has 7 heteroatoms. The van der Waals surface area contributed by atoms with Crippen LogP contribution in [0, 0.1) is 0 Å². The number of hydrogen-bond donors (Lipinski definition) is 0. The first-order valence-electron chi connectivity index (χ1n) is 8.90. The molecule has 3 aliphatic rings. The second-order valence-electron chi connectivity index (χ2n) is 7.12. The summed E-state index contributed by atoms with van der Waals surface area (Å²) in [6, 6.07) is 0. The van der Waals surface area contributed by atoms with Crippen molar-refractivity contribution in [2.24, 2.45) is 0 Å². The third-order valence-corrected chi connectivity index (χ3v) is 5.87. The zero-order chi connectivity index (χ0) is 16.4. The topological polar surface area (TPSA) is 54.9 Å². The largest absolute Gasteiger partial charge is 0.377 e. The number of likely N-dealkylation sites (tertiary alicyclic amines) is 1. The van der Waals surface area contributed by atoms with E-state index in [1.54, 1.807) is 5.51 Å². The molecule has 0 radical (unpaired) electrons. The fraction of sp³-hybridized carbons (Fsp3) is 0.765. The average Bonchev–Trinajstić information content (AvgIpc) is 3.30. The van der Waals surface area contributed by atoms with E-state index in [1.165, 1.54) is 37.3 Å². The van der Waals surface area contributed by atoms with Crippen molar-refractivity contribution in [3.05, 3.63) is 16.6 Å². The van der Waals surface area contributed by atoms with Gasteiger partial charge in [-0.1, -0.05) is 0 Å². The van der Waals surface area contributed by atoms with Gasteiger partial charge < -0.3 is 19.3 Å². The van der Waals surface area contributed by atoms with E-state index in [0.29, 0.717) is 32.0 Å². The summed E-state index contributed by atoms with van der Waals surface area (Å²) in [6.07, 6.45) is 4.89. The van der Waals surface area contributed by atoms with Crippen LogP contribution in [0.2, 0.25) is 0 Å². The molecule has 0 saturated carbocycles. The molecule has 24 heavy (non-hydrogen) atoms. The maximum atomic E-state index is 12.7. The van der Waals surface area contributed by atoms with Crippen LogP contribution in [0.3, 0.4) is 0 Å². The number of aromatic nitrogens is 1. The van der Waals surface area contributed by atoms with Gasteiger partial charge in [-0.05, 0) is 38.8 Å². The first-order valence-corrected chi connectivity index (χ1v) is 9.84. The molecule has 132 valence electrons. The van der Waals surface area contributed by atoms with Crippen LogP contribution in [0.25, 0.3) is 0 Å². The Kier molecular flexibility index (Phi) is 4.85. The maximum Gasteiger partial charge on any atom is 0.273 e. The van der Waals surface area contributed by atoms with Crippen molar-refractivity contribution in [1.29, 1.82) is 0 Å². The van der Waals surface area contributed by atoms with Gasteiger partial charge >= 0.3 is 0 Å². The zero-order valence-corrected chi connectivity index (χ0v) is 14.8. The highest BCUT2D eigenvalue weighted by atomic mass is 32.1.